The maximum atomic E-state index is 11.8. The van der Waals surface area contributed by atoms with E-state index in [4.69, 9.17) is 4.74 Å². The van der Waals surface area contributed by atoms with Gasteiger partial charge in [-0.25, -0.2) is 0 Å². The van der Waals surface area contributed by atoms with Crippen LogP contribution in [0.2, 0.25) is 0 Å². The second kappa shape index (κ2) is 19.7. The Bertz CT molecular complexity index is 360. The van der Waals surface area contributed by atoms with Crippen LogP contribution in [0, 0.1) is 0 Å². The normalized spacial score (nSPS) is 12.0. The van der Waals surface area contributed by atoms with Crippen LogP contribution in [0.1, 0.15) is 110 Å². The molecule has 1 amide bonds. The average Bonchev–Trinajstić information content (AvgIpc) is 2.66. The lowest BCUT2D eigenvalue weighted by molar-refractivity contribution is -0.143. The fraction of sp³-hybridized carbons (Fsp3) is 0.909. The van der Waals surface area contributed by atoms with Crippen molar-refractivity contribution in [1.82, 2.24) is 5.32 Å². The molecular formula is C22H43NO4. The molecule has 5 nitrogen and oxygen atoms in total. The molecule has 1 atom stereocenters. The van der Waals surface area contributed by atoms with E-state index in [9.17, 15) is 14.7 Å². The molecule has 27 heavy (non-hydrogen) atoms. The fourth-order valence-corrected chi connectivity index (χ4v) is 3.11. The molecule has 0 spiro atoms. The van der Waals surface area contributed by atoms with Crippen molar-refractivity contribution in [3.63, 3.8) is 0 Å². The summed E-state index contributed by atoms with van der Waals surface area (Å²) in [4.78, 5) is 22.9. The molecule has 0 aromatic heterocycles. The SMILES string of the molecule is CCCCCCCCCCCCCCC(O)C(=O)NCCCC(=O)OCC. The van der Waals surface area contributed by atoms with Crippen molar-refractivity contribution in [1.29, 1.82) is 0 Å². The zero-order valence-corrected chi connectivity index (χ0v) is 17.8. The molecule has 0 aliphatic carbocycles. The van der Waals surface area contributed by atoms with Gasteiger partial charge in [0.25, 0.3) is 0 Å². The van der Waals surface area contributed by atoms with Crippen molar-refractivity contribution in [2.75, 3.05) is 13.2 Å². The van der Waals surface area contributed by atoms with Crippen LogP contribution in [0.3, 0.4) is 0 Å². The minimum atomic E-state index is -0.935. The van der Waals surface area contributed by atoms with E-state index in [0.717, 1.165) is 12.8 Å². The summed E-state index contributed by atoms with van der Waals surface area (Å²) >= 11 is 0. The summed E-state index contributed by atoms with van der Waals surface area (Å²) in [7, 11) is 0. The second-order valence-corrected chi connectivity index (χ2v) is 7.39. The number of aliphatic hydroxyl groups is 1. The first kappa shape index (κ1) is 25.9. The number of aliphatic hydroxyl groups excluding tert-OH is 1. The van der Waals surface area contributed by atoms with E-state index in [-0.39, 0.29) is 11.9 Å². The predicted octanol–water partition coefficient (Wildman–Crippen LogP) is 4.90. The quantitative estimate of drug-likeness (QED) is 0.245. The van der Waals surface area contributed by atoms with E-state index >= 15 is 0 Å². The van der Waals surface area contributed by atoms with Crippen LogP contribution in [0.25, 0.3) is 0 Å². The maximum Gasteiger partial charge on any atom is 0.305 e. The third-order valence-electron chi connectivity index (χ3n) is 4.80. The number of rotatable bonds is 19. The molecular weight excluding hydrogens is 342 g/mol. The lowest BCUT2D eigenvalue weighted by atomic mass is 10.0. The Balaban J connectivity index is 3.38. The number of hydrogen-bond donors (Lipinski definition) is 2. The molecule has 0 aromatic carbocycles. The highest BCUT2D eigenvalue weighted by molar-refractivity contribution is 5.80. The van der Waals surface area contributed by atoms with E-state index in [1.54, 1.807) is 6.92 Å². The molecule has 0 aromatic rings. The third kappa shape index (κ3) is 18.0. The third-order valence-corrected chi connectivity index (χ3v) is 4.80. The van der Waals surface area contributed by atoms with Gasteiger partial charge in [0.15, 0.2) is 0 Å². The van der Waals surface area contributed by atoms with Crippen LogP contribution >= 0.6 is 0 Å². The molecule has 0 saturated heterocycles. The summed E-state index contributed by atoms with van der Waals surface area (Å²) in [5.41, 5.74) is 0. The van der Waals surface area contributed by atoms with E-state index in [1.165, 1.54) is 64.2 Å². The lowest BCUT2D eigenvalue weighted by Crippen LogP contribution is -2.35. The molecule has 2 N–H and O–H groups in total. The van der Waals surface area contributed by atoms with Gasteiger partial charge in [0, 0.05) is 13.0 Å². The van der Waals surface area contributed by atoms with Gasteiger partial charge in [0.2, 0.25) is 5.91 Å². The Morgan fingerprint density at radius 3 is 1.85 bits per heavy atom. The standard InChI is InChI=1S/C22H43NO4/c1-3-5-6-7-8-9-10-11-12-13-14-15-17-20(24)22(26)23-19-16-18-21(25)27-4-2/h20,24H,3-19H2,1-2H3,(H,23,26). The van der Waals surface area contributed by atoms with E-state index in [2.05, 4.69) is 12.2 Å². The minimum Gasteiger partial charge on any atom is -0.466 e. The number of carbonyl (C=O) groups is 2. The van der Waals surface area contributed by atoms with Crippen LogP contribution in [0.4, 0.5) is 0 Å². The van der Waals surface area contributed by atoms with E-state index in [1.807, 2.05) is 0 Å². The number of esters is 1. The van der Waals surface area contributed by atoms with Gasteiger partial charge < -0.3 is 15.2 Å². The summed E-state index contributed by atoms with van der Waals surface area (Å²) in [5.74, 6) is -0.578. The summed E-state index contributed by atoms with van der Waals surface area (Å²) in [5, 5.41) is 12.5. The van der Waals surface area contributed by atoms with Gasteiger partial charge >= 0.3 is 5.97 Å². The molecule has 0 rings (SSSR count). The second-order valence-electron chi connectivity index (χ2n) is 7.39. The molecule has 0 aliphatic rings. The number of nitrogens with one attached hydrogen (secondary N) is 1. The fourth-order valence-electron chi connectivity index (χ4n) is 3.11. The number of unbranched alkanes of at least 4 members (excludes halogenated alkanes) is 11. The molecule has 160 valence electrons. The average molecular weight is 386 g/mol. The lowest BCUT2D eigenvalue weighted by Gasteiger charge is -2.11. The van der Waals surface area contributed by atoms with Gasteiger partial charge in [-0.15, -0.1) is 0 Å². The van der Waals surface area contributed by atoms with E-state index < -0.39 is 6.10 Å². The molecule has 0 aliphatic heterocycles. The summed E-state index contributed by atoms with van der Waals surface area (Å²) in [6, 6.07) is 0. The van der Waals surface area contributed by atoms with Crippen molar-refractivity contribution in [3.05, 3.63) is 0 Å². The van der Waals surface area contributed by atoms with Crippen molar-refractivity contribution >= 4 is 11.9 Å². The summed E-state index contributed by atoms with van der Waals surface area (Å²) in [6.07, 6.45) is 15.6. The topological polar surface area (TPSA) is 75.6 Å². The summed E-state index contributed by atoms with van der Waals surface area (Å²) < 4.78 is 4.82. The molecule has 0 heterocycles. The van der Waals surface area contributed by atoms with Gasteiger partial charge in [-0.2, -0.15) is 0 Å². The van der Waals surface area contributed by atoms with Crippen molar-refractivity contribution in [2.45, 2.75) is 116 Å². The monoisotopic (exact) mass is 385 g/mol. The van der Waals surface area contributed by atoms with Crippen LogP contribution in [0.15, 0.2) is 0 Å². The zero-order valence-electron chi connectivity index (χ0n) is 17.8. The molecule has 0 bridgehead atoms. The molecule has 5 heteroatoms. The molecule has 1 unspecified atom stereocenters. The van der Waals surface area contributed by atoms with Crippen LogP contribution in [-0.4, -0.2) is 36.2 Å². The highest BCUT2D eigenvalue weighted by atomic mass is 16.5. The first-order valence-electron chi connectivity index (χ1n) is 11.2. The van der Waals surface area contributed by atoms with Gasteiger partial charge in [-0.05, 0) is 19.8 Å². The largest absolute Gasteiger partial charge is 0.466 e. The first-order chi connectivity index (χ1) is 13.1. The van der Waals surface area contributed by atoms with Gasteiger partial charge in [-0.1, -0.05) is 84.0 Å². The van der Waals surface area contributed by atoms with E-state index in [0.29, 0.717) is 32.4 Å². The molecule has 0 radical (unpaired) electrons. The van der Waals surface area contributed by atoms with Gasteiger partial charge in [0.1, 0.15) is 6.10 Å². The molecule has 0 saturated carbocycles. The Morgan fingerprint density at radius 1 is 0.815 bits per heavy atom. The minimum absolute atomic E-state index is 0.246. The smallest absolute Gasteiger partial charge is 0.305 e. The Labute approximate surface area is 166 Å². The zero-order chi connectivity index (χ0) is 20.2. The first-order valence-corrected chi connectivity index (χ1v) is 11.2. The van der Waals surface area contributed by atoms with Gasteiger partial charge in [0.05, 0.1) is 6.61 Å². The number of ether oxygens (including phenoxy) is 1. The van der Waals surface area contributed by atoms with Crippen LogP contribution in [0.5, 0.6) is 0 Å². The highest BCUT2D eigenvalue weighted by Crippen LogP contribution is 2.13. The Kier molecular flexibility index (Phi) is 18.9. The van der Waals surface area contributed by atoms with Crippen molar-refractivity contribution in [2.24, 2.45) is 0 Å². The number of carbonyl (C=O) groups excluding carboxylic acids is 2. The Morgan fingerprint density at radius 2 is 1.33 bits per heavy atom. The Hall–Kier alpha value is -1.10. The van der Waals surface area contributed by atoms with Gasteiger partial charge in [-0.3, -0.25) is 9.59 Å². The number of hydrogen-bond acceptors (Lipinski definition) is 4. The molecule has 0 fully saturated rings. The highest BCUT2D eigenvalue weighted by Gasteiger charge is 2.13. The van der Waals surface area contributed by atoms with Crippen molar-refractivity contribution in [3.8, 4) is 0 Å². The van der Waals surface area contributed by atoms with Crippen molar-refractivity contribution < 1.29 is 19.4 Å². The van der Waals surface area contributed by atoms with Crippen LogP contribution < -0.4 is 5.32 Å². The summed E-state index contributed by atoms with van der Waals surface area (Å²) in [6.45, 7) is 4.79. The maximum absolute atomic E-state index is 11.8. The predicted molar refractivity (Wildman–Crippen MR) is 111 cm³/mol. The number of amides is 1. The van der Waals surface area contributed by atoms with Crippen LogP contribution in [-0.2, 0) is 14.3 Å².